The predicted octanol–water partition coefficient (Wildman–Crippen LogP) is 4.10. The molecule has 3 aliphatic rings. The number of rotatable bonds is 4. The van der Waals surface area contributed by atoms with Crippen molar-refractivity contribution in [3.63, 3.8) is 0 Å². The number of pyridine rings is 1. The molecule has 7 rings (SSSR count). The van der Waals surface area contributed by atoms with Crippen molar-refractivity contribution in [2.75, 3.05) is 62.3 Å². The maximum Gasteiger partial charge on any atom is 0.232 e. The molecule has 3 saturated heterocycles. The first-order valence-electron chi connectivity index (χ1n) is 14.0. The van der Waals surface area contributed by atoms with Crippen molar-refractivity contribution in [2.24, 2.45) is 0 Å². The summed E-state index contributed by atoms with van der Waals surface area (Å²) in [6, 6.07) is 10.4. The number of ether oxygens (including phenoxy) is 2. The molecule has 0 saturated carbocycles. The molecule has 1 amide bonds. The zero-order valence-corrected chi connectivity index (χ0v) is 22.9. The second kappa shape index (κ2) is 10.4. The van der Waals surface area contributed by atoms with Gasteiger partial charge in [-0.15, -0.1) is 0 Å². The van der Waals surface area contributed by atoms with E-state index in [1.165, 1.54) is 18.5 Å². The third kappa shape index (κ3) is 4.78. The van der Waals surface area contributed by atoms with Gasteiger partial charge in [0, 0.05) is 76.4 Å². The van der Waals surface area contributed by atoms with Crippen molar-refractivity contribution in [3.8, 4) is 22.5 Å². The zero-order valence-electron chi connectivity index (χ0n) is 22.9. The molecule has 3 fully saturated rings. The molecule has 0 aliphatic carbocycles. The number of carbonyl (C=O) groups is 1. The first-order valence-corrected chi connectivity index (χ1v) is 14.0. The normalized spacial score (nSPS) is 18.9. The van der Waals surface area contributed by atoms with Gasteiger partial charge in [-0.25, -0.2) is 19.3 Å². The van der Waals surface area contributed by atoms with Crippen LogP contribution in [0.5, 0.6) is 0 Å². The Hall–Kier alpha value is -4.09. The van der Waals surface area contributed by atoms with E-state index in [1.807, 2.05) is 17.0 Å². The lowest BCUT2D eigenvalue weighted by Crippen LogP contribution is -2.48. The van der Waals surface area contributed by atoms with E-state index in [-0.39, 0.29) is 11.7 Å². The van der Waals surface area contributed by atoms with Gasteiger partial charge in [0.05, 0.1) is 18.6 Å². The summed E-state index contributed by atoms with van der Waals surface area (Å²) in [6.07, 6.45) is 4.79. The average Bonchev–Trinajstić information content (AvgIpc) is 3.63. The molecule has 3 aromatic heterocycles. The molecule has 0 atom stereocenters. The number of piperidine rings is 1. The number of anilines is 2. The van der Waals surface area contributed by atoms with Crippen molar-refractivity contribution in [2.45, 2.75) is 25.6 Å². The summed E-state index contributed by atoms with van der Waals surface area (Å²) in [6.45, 7) is 7.07. The zero-order chi connectivity index (χ0) is 28.0. The van der Waals surface area contributed by atoms with E-state index in [0.29, 0.717) is 50.9 Å². The number of aromatic nitrogens is 3. The Bertz CT molecular complexity index is 1550. The van der Waals surface area contributed by atoms with Gasteiger partial charge in [0.2, 0.25) is 11.6 Å². The quantitative estimate of drug-likeness (QED) is 0.367. The van der Waals surface area contributed by atoms with Crippen LogP contribution >= 0.6 is 0 Å². The number of piperazine rings is 1. The van der Waals surface area contributed by atoms with Crippen LogP contribution < -0.4 is 9.80 Å². The minimum atomic E-state index is -0.504. The number of amides is 1. The van der Waals surface area contributed by atoms with Crippen molar-refractivity contribution in [3.05, 3.63) is 54.7 Å². The fraction of sp³-hybridized carbons (Fsp3) is 0.400. The van der Waals surface area contributed by atoms with Crippen molar-refractivity contribution < 1.29 is 23.1 Å². The van der Waals surface area contributed by atoms with Crippen LogP contribution in [0.2, 0.25) is 0 Å². The van der Waals surface area contributed by atoms with Crippen LogP contribution in [-0.2, 0) is 14.3 Å². The summed E-state index contributed by atoms with van der Waals surface area (Å²) in [5.74, 6) is 1.49. The van der Waals surface area contributed by atoms with E-state index in [4.69, 9.17) is 23.9 Å². The van der Waals surface area contributed by atoms with Gasteiger partial charge in [-0.3, -0.25) is 4.79 Å². The summed E-state index contributed by atoms with van der Waals surface area (Å²) >= 11 is 0. The maximum atomic E-state index is 14.0. The lowest BCUT2D eigenvalue weighted by molar-refractivity contribution is -0.169. The molecule has 0 unspecified atom stereocenters. The minimum absolute atomic E-state index is 0.0953. The van der Waals surface area contributed by atoms with Crippen molar-refractivity contribution in [1.29, 1.82) is 0 Å². The predicted molar refractivity (Wildman–Crippen MR) is 151 cm³/mol. The number of nitrogens with zero attached hydrogens (tertiary/aromatic N) is 6. The van der Waals surface area contributed by atoms with E-state index in [0.717, 1.165) is 59.6 Å². The maximum absolute atomic E-state index is 14.0. The number of hydrogen-bond acceptors (Lipinski definition) is 9. The molecule has 11 heteroatoms. The Morgan fingerprint density at radius 3 is 2.22 bits per heavy atom. The molecular formula is C30H31FN6O4. The number of benzene rings is 1. The number of furan rings is 1. The van der Waals surface area contributed by atoms with Gasteiger partial charge in [-0.1, -0.05) is 12.1 Å². The fourth-order valence-corrected chi connectivity index (χ4v) is 6.06. The molecule has 0 bridgehead atoms. The SMILES string of the molecule is CC(=O)N1CCN(c2ccc(-c3oc4ncnc(N5CCC6(CC5)OCCO6)c4c3-c3ccc(F)cc3)cn2)CC1. The molecule has 10 nitrogen and oxygen atoms in total. The molecular weight excluding hydrogens is 527 g/mol. The molecule has 0 radical (unpaired) electrons. The number of halogens is 1. The van der Waals surface area contributed by atoms with E-state index in [2.05, 4.69) is 14.8 Å². The Morgan fingerprint density at radius 1 is 0.854 bits per heavy atom. The average molecular weight is 559 g/mol. The summed E-state index contributed by atoms with van der Waals surface area (Å²) < 4.78 is 32.2. The number of hydrogen-bond donors (Lipinski definition) is 0. The van der Waals surface area contributed by atoms with Gasteiger partial charge in [0.15, 0.2) is 5.79 Å². The molecule has 1 spiro atoms. The molecule has 0 N–H and O–H groups in total. The Balaban J connectivity index is 1.25. The van der Waals surface area contributed by atoms with Gasteiger partial charge in [0.25, 0.3) is 0 Å². The van der Waals surface area contributed by atoms with E-state index in [1.54, 1.807) is 25.3 Å². The third-order valence-electron chi connectivity index (χ3n) is 8.30. The van der Waals surface area contributed by atoms with Gasteiger partial charge >= 0.3 is 0 Å². The van der Waals surface area contributed by atoms with Crippen LogP contribution in [0.15, 0.2) is 53.3 Å². The second-order valence-electron chi connectivity index (χ2n) is 10.7. The van der Waals surface area contributed by atoms with Crippen molar-refractivity contribution >= 4 is 28.6 Å². The van der Waals surface area contributed by atoms with E-state index < -0.39 is 5.79 Å². The Labute approximate surface area is 236 Å². The van der Waals surface area contributed by atoms with Crippen LogP contribution in [0.25, 0.3) is 33.6 Å². The highest BCUT2D eigenvalue weighted by atomic mass is 19.1. The summed E-state index contributed by atoms with van der Waals surface area (Å²) in [4.78, 5) is 31.9. The minimum Gasteiger partial charge on any atom is -0.437 e. The highest BCUT2D eigenvalue weighted by molar-refractivity contribution is 6.06. The lowest BCUT2D eigenvalue weighted by Gasteiger charge is -2.38. The summed E-state index contributed by atoms with van der Waals surface area (Å²) in [7, 11) is 0. The Kier molecular flexibility index (Phi) is 6.55. The van der Waals surface area contributed by atoms with Crippen LogP contribution in [0, 0.1) is 5.82 Å². The fourth-order valence-electron chi connectivity index (χ4n) is 6.06. The highest BCUT2D eigenvalue weighted by Gasteiger charge is 2.40. The molecule has 1 aromatic carbocycles. The first kappa shape index (κ1) is 25.8. The molecule has 41 heavy (non-hydrogen) atoms. The summed E-state index contributed by atoms with van der Waals surface area (Å²) in [5, 5.41) is 0.780. The van der Waals surface area contributed by atoms with Crippen LogP contribution in [0.3, 0.4) is 0 Å². The number of fused-ring (bicyclic) bond motifs is 1. The second-order valence-corrected chi connectivity index (χ2v) is 10.7. The third-order valence-corrected chi connectivity index (χ3v) is 8.30. The first-order chi connectivity index (χ1) is 20.0. The monoisotopic (exact) mass is 558 g/mol. The van der Waals surface area contributed by atoms with Gasteiger partial charge in [-0.05, 0) is 29.8 Å². The molecule has 3 aliphatic heterocycles. The van der Waals surface area contributed by atoms with E-state index >= 15 is 0 Å². The molecule has 4 aromatic rings. The lowest BCUT2D eigenvalue weighted by atomic mass is 9.98. The largest absolute Gasteiger partial charge is 0.437 e. The highest BCUT2D eigenvalue weighted by Crippen LogP contribution is 2.44. The van der Waals surface area contributed by atoms with Crippen LogP contribution in [0.4, 0.5) is 16.0 Å². The number of carbonyl (C=O) groups excluding carboxylic acids is 1. The van der Waals surface area contributed by atoms with Crippen LogP contribution in [-0.4, -0.2) is 84.0 Å². The molecule has 6 heterocycles. The summed E-state index contributed by atoms with van der Waals surface area (Å²) in [5.41, 5.74) is 2.85. The van der Waals surface area contributed by atoms with Gasteiger partial charge < -0.3 is 28.6 Å². The topological polar surface area (TPSA) is 97.1 Å². The van der Waals surface area contributed by atoms with E-state index in [9.17, 15) is 9.18 Å². The van der Waals surface area contributed by atoms with Crippen molar-refractivity contribution in [1.82, 2.24) is 19.9 Å². The Morgan fingerprint density at radius 2 is 1.56 bits per heavy atom. The van der Waals surface area contributed by atoms with Gasteiger partial charge in [0.1, 0.15) is 29.5 Å². The smallest absolute Gasteiger partial charge is 0.232 e. The standard InChI is InChI=1S/C30H31FN6O4/c1-20(38)35-12-14-36(15-13-35)24-7-4-22(18-32-24)27-25(21-2-5-23(31)6-3-21)26-28(33-19-34-29(26)41-27)37-10-8-30(9-11-37)39-16-17-40-30/h2-7,18-19H,8-17H2,1H3. The van der Waals surface area contributed by atoms with Gasteiger partial charge in [-0.2, -0.15) is 0 Å². The molecule has 212 valence electrons. The van der Waals surface area contributed by atoms with Crippen LogP contribution in [0.1, 0.15) is 19.8 Å².